The third kappa shape index (κ3) is 9.01. The molecule has 0 rings (SSSR count). The fourth-order valence-electron chi connectivity index (χ4n) is 1.05. The van der Waals surface area contributed by atoms with Crippen LogP contribution in [-0.2, 0) is 9.59 Å². The van der Waals surface area contributed by atoms with Crippen LogP contribution >= 0.6 is 0 Å². The Morgan fingerprint density at radius 1 is 1.00 bits per heavy atom. The smallest absolute Gasteiger partial charge is 0.303 e. The van der Waals surface area contributed by atoms with E-state index in [2.05, 4.69) is 0 Å². The van der Waals surface area contributed by atoms with Gasteiger partial charge in [0.15, 0.2) is 0 Å². The summed E-state index contributed by atoms with van der Waals surface area (Å²) in [6, 6.07) is 0. The van der Waals surface area contributed by atoms with Crippen molar-refractivity contribution in [2.45, 2.75) is 38.5 Å². The number of hydrogen-bond acceptors (Lipinski definition) is 3. The highest BCUT2D eigenvalue weighted by Gasteiger charge is 1.99. The molecule has 0 aromatic carbocycles. The van der Waals surface area contributed by atoms with Gasteiger partial charge in [0.2, 0.25) is 0 Å². The van der Waals surface area contributed by atoms with Crippen molar-refractivity contribution in [1.82, 2.24) is 0 Å². The van der Waals surface area contributed by atoms with Gasteiger partial charge in [-0.05, 0) is 12.8 Å². The highest BCUT2D eigenvalue weighted by atomic mass is 16.4. The second kappa shape index (κ2) is 7.73. The predicted molar refractivity (Wildman–Crippen MR) is 49.4 cm³/mol. The van der Waals surface area contributed by atoms with Crippen molar-refractivity contribution in [2.24, 2.45) is 5.73 Å². The Morgan fingerprint density at radius 3 is 2.00 bits per heavy atom. The van der Waals surface area contributed by atoms with E-state index in [0.29, 0.717) is 12.8 Å². The fraction of sp³-hybridized carbons (Fsp3) is 0.778. The summed E-state index contributed by atoms with van der Waals surface area (Å²) in [7, 11) is 0. The zero-order chi connectivity index (χ0) is 10.1. The molecule has 0 aromatic rings. The summed E-state index contributed by atoms with van der Waals surface area (Å²) in [5.74, 6) is -0.670. The maximum atomic E-state index is 10.7. The minimum atomic E-state index is -0.752. The molecule has 0 saturated carbocycles. The molecule has 3 N–H and O–H groups in total. The Bertz CT molecular complexity index is 168. The zero-order valence-electron chi connectivity index (χ0n) is 7.79. The van der Waals surface area contributed by atoms with E-state index in [9.17, 15) is 9.59 Å². The van der Waals surface area contributed by atoms with Gasteiger partial charge in [0.1, 0.15) is 5.78 Å². The van der Waals surface area contributed by atoms with Crippen LogP contribution in [0.3, 0.4) is 0 Å². The number of carbonyl (C=O) groups is 2. The number of carboxylic acid groups (broad SMARTS) is 1. The van der Waals surface area contributed by atoms with Gasteiger partial charge in [-0.25, -0.2) is 0 Å². The van der Waals surface area contributed by atoms with E-state index < -0.39 is 5.97 Å². The first-order valence-corrected chi connectivity index (χ1v) is 4.60. The van der Waals surface area contributed by atoms with Crippen LogP contribution in [0.2, 0.25) is 0 Å². The highest BCUT2D eigenvalue weighted by Crippen LogP contribution is 2.05. The Labute approximate surface area is 78.1 Å². The number of rotatable bonds is 8. The molecule has 0 aliphatic carbocycles. The number of carbonyl (C=O) groups excluding carboxylic acids is 1. The van der Waals surface area contributed by atoms with Crippen LogP contribution in [0, 0.1) is 0 Å². The fourth-order valence-corrected chi connectivity index (χ4v) is 1.05. The lowest BCUT2D eigenvalue weighted by molar-refractivity contribution is -0.137. The van der Waals surface area contributed by atoms with Crippen molar-refractivity contribution in [3.05, 3.63) is 0 Å². The first-order valence-electron chi connectivity index (χ1n) is 4.60. The largest absolute Gasteiger partial charge is 0.481 e. The Kier molecular flexibility index (Phi) is 7.20. The summed E-state index contributed by atoms with van der Waals surface area (Å²) < 4.78 is 0. The Hall–Kier alpha value is -0.900. The molecule has 0 radical (unpaired) electrons. The summed E-state index contributed by atoms with van der Waals surface area (Å²) in [5.41, 5.74) is 5.13. The lowest BCUT2D eigenvalue weighted by atomic mass is 10.1. The van der Waals surface area contributed by atoms with E-state index in [-0.39, 0.29) is 18.7 Å². The number of ketones is 1. The van der Waals surface area contributed by atoms with Gasteiger partial charge in [0.05, 0.1) is 6.54 Å². The second-order valence-corrected chi connectivity index (χ2v) is 3.05. The van der Waals surface area contributed by atoms with Gasteiger partial charge in [-0.2, -0.15) is 0 Å². The molecule has 0 spiro atoms. The Morgan fingerprint density at radius 2 is 1.54 bits per heavy atom. The third-order valence-electron chi connectivity index (χ3n) is 1.82. The number of hydrogen-bond donors (Lipinski definition) is 2. The topological polar surface area (TPSA) is 80.4 Å². The van der Waals surface area contributed by atoms with Gasteiger partial charge >= 0.3 is 5.97 Å². The van der Waals surface area contributed by atoms with Crippen LogP contribution in [0.5, 0.6) is 0 Å². The number of aliphatic carboxylic acids is 1. The van der Waals surface area contributed by atoms with Crippen molar-refractivity contribution >= 4 is 11.8 Å². The third-order valence-corrected chi connectivity index (χ3v) is 1.82. The molecule has 13 heavy (non-hydrogen) atoms. The maximum Gasteiger partial charge on any atom is 0.303 e. The van der Waals surface area contributed by atoms with Crippen LogP contribution in [0.15, 0.2) is 0 Å². The molecule has 0 atom stereocenters. The van der Waals surface area contributed by atoms with E-state index in [1.807, 2.05) is 0 Å². The number of unbranched alkanes of at least 4 members (excludes halogenated alkanes) is 3. The van der Waals surface area contributed by atoms with Gasteiger partial charge < -0.3 is 10.8 Å². The highest BCUT2D eigenvalue weighted by molar-refractivity contribution is 5.80. The first-order chi connectivity index (χ1) is 6.16. The van der Waals surface area contributed by atoms with Crippen molar-refractivity contribution in [3.8, 4) is 0 Å². The van der Waals surface area contributed by atoms with Crippen molar-refractivity contribution in [1.29, 1.82) is 0 Å². The van der Waals surface area contributed by atoms with Crippen LogP contribution < -0.4 is 5.73 Å². The van der Waals surface area contributed by atoms with Crippen LogP contribution in [-0.4, -0.2) is 23.4 Å². The van der Waals surface area contributed by atoms with Gasteiger partial charge in [-0.3, -0.25) is 9.59 Å². The minimum absolute atomic E-state index is 0.0817. The van der Waals surface area contributed by atoms with Gasteiger partial charge in [-0.15, -0.1) is 0 Å². The second-order valence-electron chi connectivity index (χ2n) is 3.05. The molecule has 0 heterocycles. The monoisotopic (exact) mass is 187 g/mol. The molecule has 0 saturated heterocycles. The van der Waals surface area contributed by atoms with Crippen molar-refractivity contribution < 1.29 is 14.7 Å². The molecule has 0 amide bonds. The molecule has 4 heteroatoms. The number of nitrogens with two attached hydrogens (primary N) is 1. The molecule has 0 aliphatic heterocycles. The molecule has 76 valence electrons. The van der Waals surface area contributed by atoms with Crippen molar-refractivity contribution in [3.63, 3.8) is 0 Å². The zero-order valence-corrected chi connectivity index (χ0v) is 7.79. The summed E-state index contributed by atoms with van der Waals surface area (Å²) in [4.78, 5) is 20.8. The summed E-state index contributed by atoms with van der Waals surface area (Å²) in [6.45, 7) is 0.120. The lowest BCUT2D eigenvalue weighted by Gasteiger charge is -1.98. The van der Waals surface area contributed by atoms with Gasteiger partial charge in [-0.1, -0.05) is 12.8 Å². The summed E-state index contributed by atoms with van der Waals surface area (Å²) in [6.07, 6.45) is 4.08. The SMILES string of the molecule is NCC(=O)CCCCCCC(=O)O. The molecule has 4 nitrogen and oxygen atoms in total. The molecule has 0 unspecified atom stereocenters. The van der Waals surface area contributed by atoms with Crippen LogP contribution in [0.1, 0.15) is 38.5 Å². The summed E-state index contributed by atoms with van der Waals surface area (Å²) >= 11 is 0. The van der Waals surface area contributed by atoms with E-state index in [4.69, 9.17) is 10.8 Å². The molecule has 0 aliphatic rings. The molecule has 0 aromatic heterocycles. The standard InChI is InChI=1S/C9H17NO3/c10-7-8(11)5-3-1-2-4-6-9(12)13/h1-7,10H2,(H,12,13). The molecule has 0 bridgehead atoms. The van der Waals surface area contributed by atoms with E-state index in [1.54, 1.807) is 0 Å². The summed E-state index contributed by atoms with van der Waals surface area (Å²) in [5, 5.41) is 8.33. The van der Waals surface area contributed by atoms with E-state index in [1.165, 1.54) is 0 Å². The van der Waals surface area contributed by atoms with E-state index >= 15 is 0 Å². The lowest BCUT2D eigenvalue weighted by Crippen LogP contribution is -2.12. The van der Waals surface area contributed by atoms with Crippen LogP contribution in [0.4, 0.5) is 0 Å². The maximum absolute atomic E-state index is 10.7. The quantitative estimate of drug-likeness (QED) is 0.554. The molecular formula is C9H17NO3. The number of carboxylic acids is 1. The average Bonchev–Trinajstić information content (AvgIpc) is 2.10. The van der Waals surface area contributed by atoms with Crippen LogP contribution in [0.25, 0.3) is 0 Å². The Balaban J connectivity index is 3.08. The minimum Gasteiger partial charge on any atom is -0.481 e. The normalized spacial score (nSPS) is 9.92. The van der Waals surface area contributed by atoms with E-state index in [0.717, 1.165) is 19.3 Å². The first kappa shape index (κ1) is 12.1. The van der Waals surface area contributed by atoms with Gasteiger partial charge in [0, 0.05) is 12.8 Å². The van der Waals surface area contributed by atoms with Crippen molar-refractivity contribution in [2.75, 3.05) is 6.54 Å². The average molecular weight is 187 g/mol. The predicted octanol–water partition coefficient (Wildman–Crippen LogP) is 0.939. The molecular weight excluding hydrogens is 170 g/mol. The molecule has 0 fully saturated rings. The van der Waals surface area contributed by atoms with Gasteiger partial charge in [0.25, 0.3) is 0 Å². The number of Topliss-reactive ketones (excluding diaryl/α,β-unsaturated/α-hetero) is 1.